The van der Waals surface area contributed by atoms with Crippen molar-refractivity contribution in [2.24, 2.45) is 11.8 Å². The molecule has 0 aromatic heterocycles. The molecular weight excluding hydrogens is 160 g/mol. The second-order valence-electron chi connectivity index (χ2n) is 3.38. The molecule has 1 saturated heterocycles. The molecule has 1 saturated carbocycles. The predicted octanol–water partition coefficient (Wildman–Crippen LogP) is -0.153. The van der Waals surface area contributed by atoms with E-state index in [0.717, 1.165) is 0 Å². The van der Waals surface area contributed by atoms with E-state index in [9.17, 15) is 14.7 Å². The highest BCUT2D eigenvalue weighted by atomic mass is 16.6. The quantitative estimate of drug-likeness (QED) is 0.513. The summed E-state index contributed by atoms with van der Waals surface area (Å²) in [5, 5.41) is 9.22. The first-order chi connectivity index (χ1) is 5.68. The van der Waals surface area contributed by atoms with E-state index >= 15 is 0 Å². The summed E-state index contributed by atoms with van der Waals surface area (Å²) in [6.45, 7) is 0. The Kier molecular flexibility index (Phi) is 1.65. The van der Waals surface area contributed by atoms with Gasteiger partial charge in [0, 0.05) is 18.8 Å². The third-order valence-corrected chi connectivity index (χ3v) is 2.62. The van der Waals surface area contributed by atoms with Gasteiger partial charge in [-0.2, -0.15) is 0 Å². The van der Waals surface area contributed by atoms with Gasteiger partial charge in [0.05, 0.1) is 5.92 Å². The van der Waals surface area contributed by atoms with Crippen molar-refractivity contribution in [1.29, 1.82) is 0 Å². The normalized spacial score (nSPS) is 40.9. The van der Waals surface area contributed by atoms with Crippen molar-refractivity contribution >= 4 is 11.8 Å². The summed E-state index contributed by atoms with van der Waals surface area (Å²) in [5.41, 5.74) is 0. The maximum atomic E-state index is 11.0. The van der Waals surface area contributed by atoms with Gasteiger partial charge in [-0.15, -0.1) is 0 Å². The van der Waals surface area contributed by atoms with E-state index in [4.69, 9.17) is 0 Å². The highest BCUT2D eigenvalue weighted by molar-refractivity contribution is 5.84. The summed E-state index contributed by atoms with van der Waals surface area (Å²) in [7, 11) is 0. The predicted molar refractivity (Wildman–Crippen MR) is 37.9 cm³/mol. The first-order valence-corrected chi connectivity index (χ1v) is 4.09. The number of carbonyl (C=O) groups is 2. The number of esters is 1. The van der Waals surface area contributed by atoms with Crippen LogP contribution in [0.3, 0.4) is 0 Å². The third kappa shape index (κ3) is 1.03. The lowest BCUT2D eigenvalue weighted by atomic mass is 9.80. The highest BCUT2D eigenvalue weighted by Crippen LogP contribution is 2.37. The molecule has 1 aliphatic heterocycles. The number of ketones is 1. The maximum Gasteiger partial charge on any atom is 0.311 e. The van der Waals surface area contributed by atoms with Crippen LogP contribution in [0.1, 0.15) is 19.3 Å². The second-order valence-corrected chi connectivity index (χ2v) is 3.38. The van der Waals surface area contributed by atoms with Gasteiger partial charge in [0.15, 0.2) is 0 Å². The fourth-order valence-corrected chi connectivity index (χ4v) is 1.92. The molecule has 4 nitrogen and oxygen atoms in total. The number of cyclic esters (lactones) is 1. The fourth-order valence-electron chi connectivity index (χ4n) is 1.92. The second kappa shape index (κ2) is 2.55. The third-order valence-electron chi connectivity index (χ3n) is 2.62. The molecule has 1 heterocycles. The first kappa shape index (κ1) is 7.73. The number of hydrogen-bond donors (Lipinski definition) is 1. The van der Waals surface area contributed by atoms with Crippen LogP contribution in [-0.4, -0.2) is 23.1 Å². The zero-order valence-electron chi connectivity index (χ0n) is 6.53. The van der Waals surface area contributed by atoms with Crippen LogP contribution in [-0.2, 0) is 14.3 Å². The van der Waals surface area contributed by atoms with Crippen LogP contribution in [0.5, 0.6) is 0 Å². The van der Waals surface area contributed by atoms with Crippen LogP contribution in [0.15, 0.2) is 0 Å². The van der Waals surface area contributed by atoms with Gasteiger partial charge in [-0.3, -0.25) is 9.59 Å². The van der Waals surface area contributed by atoms with Crippen molar-refractivity contribution in [3.05, 3.63) is 0 Å². The molecule has 1 unspecified atom stereocenters. The van der Waals surface area contributed by atoms with Gasteiger partial charge in [-0.05, 0) is 6.42 Å². The Hall–Kier alpha value is -0.900. The van der Waals surface area contributed by atoms with E-state index in [1.54, 1.807) is 0 Å². The Morgan fingerprint density at radius 1 is 1.42 bits per heavy atom. The van der Waals surface area contributed by atoms with Crippen LogP contribution in [0.2, 0.25) is 0 Å². The number of carbonyl (C=O) groups excluding carboxylic acids is 2. The monoisotopic (exact) mass is 170 g/mol. The number of rotatable bonds is 0. The Morgan fingerprint density at radius 2 is 2.17 bits per heavy atom. The Labute approximate surface area is 69.5 Å². The van der Waals surface area contributed by atoms with E-state index in [-0.39, 0.29) is 30.0 Å². The van der Waals surface area contributed by atoms with Crippen molar-refractivity contribution in [2.75, 3.05) is 0 Å². The topological polar surface area (TPSA) is 63.6 Å². The molecule has 12 heavy (non-hydrogen) atoms. The number of ether oxygens (including phenoxy) is 1. The van der Waals surface area contributed by atoms with Gasteiger partial charge >= 0.3 is 5.97 Å². The molecule has 2 fully saturated rings. The molecule has 0 radical (unpaired) electrons. The zero-order valence-corrected chi connectivity index (χ0v) is 6.53. The molecule has 0 aromatic carbocycles. The van der Waals surface area contributed by atoms with E-state index in [1.165, 1.54) is 0 Å². The summed E-state index contributed by atoms with van der Waals surface area (Å²) in [6, 6.07) is 0. The van der Waals surface area contributed by atoms with Crippen LogP contribution in [0, 0.1) is 11.8 Å². The Morgan fingerprint density at radius 3 is 2.92 bits per heavy atom. The highest BCUT2D eigenvalue weighted by Gasteiger charge is 2.46. The number of aliphatic hydroxyl groups is 1. The minimum atomic E-state index is -1.05. The average molecular weight is 170 g/mol. The molecule has 2 rings (SSSR count). The molecule has 0 spiro atoms. The van der Waals surface area contributed by atoms with E-state index in [1.807, 2.05) is 0 Å². The molecule has 66 valence electrons. The van der Waals surface area contributed by atoms with Crippen molar-refractivity contribution < 1.29 is 19.4 Å². The van der Waals surface area contributed by atoms with Crippen LogP contribution in [0.4, 0.5) is 0 Å². The summed E-state index contributed by atoms with van der Waals surface area (Å²) >= 11 is 0. The molecule has 1 N–H and O–H groups in total. The molecule has 4 heteroatoms. The van der Waals surface area contributed by atoms with Gasteiger partial charge < -0.3 is 9.84 Å². The van der Waals surface area contributed by atoms with E-state index in [2.05, 4.69) is 4.74 Å². The summed E-state index contributed by atoms with van der Waals surface area (Å²) in [6.07, 6.45) is 0.228. The van der Waals surface area contributed by atoms with Crippen LogP contribution in [0.25, 0.3) is 0 Å². The lowest BCUT2D eigenvalue weighted by Gasteiger charge is -2.20. The molecule has 0 aromatic rings. The largest absolute Gasteiger partial charge is 0.435 e. The standard InChI is InChI=1S/C8H10O4/c9-4-1-2-5-6(3-4)8(11)12-7(5)10/h5-6,8,11H,1-3H2/t5-,6+,8?/m1/s1. The van der Waals surface area contributed by atoms with Gasteiger partial charge in [0.1, 0.15) is 5.78 Å². The SMILES string of the molecule is O=C1CC[C@H]2C(=O)OC(O)[C@H]2C1. The van der Waals surface area contributed by atoms with Crippen LogP contribution >= 0.6 is 0 Å². The van der Waals surface area contributed by atoms with E-state index in [0.29, 0.717) is 12.8 Å². The Balaban J connectivity index is 2.17. The molecule has 2 aliphatic rings. The summed E-state index contributed by atoms with van der Waals surface area (Å²) in [5.74, 6) is -0.745. The van der Waals surface area contributed by atoms with E-state index < -0.39 is 6.29 Å². The van der Waals surface area contributed by atoms with Gasteiger partial charge in [-0.1, -0.05) is 0 Å². The smallest absolute Gasteiger partial charge is 0.311 e. The van der Waals surface area contributed by atoms with Gasteiger partial charge in [-0.25, -0.2) is 0 Å². The average Bonchev–Trinajstić information content (AvgIpc) is 2.28. The van der Waals surface area contributed by atoms with Crippen molar-refractivity contribution in [1.82, 2.24) is 0 Å². The molecule has 0 bridgehead atoms. The maximum absolute atomic E-state index is 11.0. The lowest BCUT2D eigenvalue weighted by molar-refractivity contribution is -0.157. The number of hydrogen-bond acceptors (Lipinski definition) is 4. The molecule has 3 atom stereocenters. The zero-order chi connectivity index (χ0) is 8.72. The van der Waals surface area contributed by atoms with Gasteiger partial charge in [0.2, 0.25) is 6.29 Å². The molecule has 0 amide bonds. The number of Topliss-reactive ketones (excluding diaryl/α,β-unsaturated/α-hetero) is 1. The Bertz CT molecular complexity index is 235. The van der Waals surface area contributed by atoms with Crippen LogP contribution < -0.4 is 0 Å². The summed E-state index contributed by atoms with van der Waals surface area (Å²) in [4.78, 5) is 22.0. The fraction of sp³-hybridized carbons (Fsp3) is 0.750. The number of aliphatic hydroxyl groups excluding tert-OH is 1. The van der Waals surface area contributed by atoms with Crippen molar-refractivity contribution in [3.8, 4) is 0 Å². The molecular formula is C8H10O4. The minimum Gasteiger partial charge on any atom is -0.435 e. The molecule has 1 aliphatic carbocycles. The summed E-state index contributed by atoms with van der Waals surface area (Å²) < 4.78 is 4.62. The minimum absolute atomic E-state index is 0.119. The lowest BCUT2D eigenvalue weighted by Crippen LogP contribution is -2.28. The van der Waals surface area contributed by atoms with Crippen molar-refractivity contribution in [2.45, 2.75) is 25.6 Å². The van der Waals surface area contributed by atoms with Gasteiger partial charge in [0.25, 0.3) is 0 Å². The number of fused-ring (bicyclic) bond motifs is 1. The first-order valence-electron chi connectivity index (χ1n) is 4.09. The van der Waals surface area contributed by atoms with Crippen molar-refractivity contribution in [3.63, 3.8) is 0 Å².